The van der Waals surface area contributed by atoms with Gasteiger partial charge in [-0.3, -0.25) is 0 Å². The third-order valence-electron chi connectivity index (χ3n) is 5.50. The number of benzene rings is 1. The van der Waals surface area contributed by atoms with Crippen molar-refractivity contribution in [3.8, 4) is 22.8 Å². The van der Waals surface area contributed by atoms with Gasteiger partial charge in [-0.05, 0) is 17.7 Å². The van der Waals surface area contributed by atoms with E-state index in [0.717, 1.165) is 30.7 Å². The molecule has 3 heterocycles. The number of nitrogens with zero attached hydrogens (tertiary/aromatic N) is 3. The molecule has 1 aliphatic rings. The van der Waals surface area contributed by atoms with Gasteiger partial charge in [-0.25, -0.2) is 15.0 Å². The Labute approximate surface area is 219 Å². The van der Waals surface area contributed by atoms with Crippen molar-refractivity contribution in [2.24, 2.45) is 0 Å². The maximum Gasteiger partial charge on any atom is 0.223 e. The predicted molar refractivity (Wildman–Crippen MR) is 145 cm³/mol. The maximum atomic E-state index is 6.68. The van der Waals surface area contributed by atoms with Gasteiger partial charge < -0.3 is 24.8 Å². The number of nitrogens with one attached hydrogen (secondary N) is 2. The smallest absolute Gasteiger partial charge is 0.223 e. The van der Waals surface area contributed by atoms with E-state index in [1.54, 1.807) is 26.5 Å². The number of rotatable bonds is 10. The molecule has 0 bridgehead atoms. The van der Waals surface area contributed by atoms with Crippen LogP contribution in [0, 0.1) is 0 Å². The largest absolute Gasteiger partial charge is 0.495 e. The average Bonchev–Trinajstić information content (AvgIpc) is 3.35. The van der Waals surface area contributed by atoms with Crippen LogP contribution in [-0.2, 0) is 4.74 Å². The van der Waals surface area contributed by atoms with Crippen molar-refractivity contribution in [3.05, 3.63) is 28.4 Å². The van der Waals surface area contributed by atoms with Gasteiger partial charge in [0.25, 0.3) is 0 Å². The van der Waals surface area contributed by atoms with Gasteiger partial charge in [-0.2, -0.15) is 11.8 Å². The van der Waals surface area contributed by atoms with Crippen LogP contribution in [0.5, 0.6) is 11.5 Å². The van der Waals surface area contributed by atoms with Gasteiger partial charge in [-0.1, -0.05) is 37.0 Å². The molecule has 0 saturated carbocycles. The number of pyridine rings is 1. The standard InChI is InChI=1S/C24H29Cl2N5O3S/c1-13(2)35-8-6-27-23-22-14(11-28-24(31-22)29-15-5-7-34-12-15)9-16(30-23)19-20(25)17(32-3)10-18(33-4)21(19)26/h9-11,13,15H,5-8,12H2,1-4H3,(H,27,30)(H,28,29,31). The first-order valence-corrected chi connectivity index (χ1v) is 13.2. The Morgan fingerprint density at radius 1 is 1.14 bits per heavy atom. The summed E-state index contributed by atoms with van der Waals surface area (Å²) < 4.78 is 16.3. The highest BCUT2D eigenvalue weighted by Gasteiger charge is 2.22. The van der Waals surface area contributed by atoms with Gasteiger partial charge >= 0.3 is 0 Å². The molecule has 0 spiro atoms. The number of methoxy groups -OCH3 is 2. The van der Waals surface area contributed by atoms with E-state index >= 15 is 0 Å². The summed E-state index contributed by atoms with van der Waals surface area (Å²) in [5.74, 6) is 2.99. The van der Waals surface area contributed by atoms with Crippen molar-refractivity contribution in [1.29, 1.82) is 0 Å². The molecule has 188 valence electrons. The molecule has 0 amide bonds. The van der Waals surface area contributed by atoms with Crippen molar-refractivity contribution < 1.29 is 14.2 Å². The van der Waals surface area contributed by atoms with E-state index in [4.69, 9.17) is 47.4 Å². The number of anilines is 2. The van der Waals surface area contributed by atoms with Crippen LogP contribution in [0.2, 0.25) is 10.0 Å². The first kappa shape index (κ1) is 25.9. The molecule has 35 heavy (non-hydrogen) atoms. The molecule has 2 aromatic heterocycles. The van der Waals surface area contributed by atoms with Gasteiger partial charge in [0, 0.05) is 42.1 Å². The van der Waals surface area contributed by atoms with E-state index < -0.39 is 0 Å². The van der Waals surface area contributed by atoms with Crippen LogP contribution in [0.15, 0.2) is 18.3 Å². The minimum atomic E-state index is 0.195. The Bertz CT molecular complexity index is 1160. The summed E-state index contributed by atoms with van der Waals surface area (Å²) in [5.41, 5.74) is 1.80. The summed E-state index contributed by atoms with van der Waals surface area (Å²) in [4.78, 5) is 14.2. The van der Waals surface area contributed by atoms with Gasteiger partial charge in [0.1, 0.15) is 17.0 Å². The topological polar surface area (TPSA) is 90.4 Å². The molecule has 1 unspecified atom stereocenters. The van der Waals surface area contributed by atoms with Gasteiger partial charge in [0.15, 0.2) is 5.82 Å². The molecule has 4 rings (SSSR count). The summed E-state index contributed by atoms with van der Waals surface area (Å²) in [5, 5.41) is 8.85. The summed E-state index contributed by atoms with van der Waals surface area (Å²) in [6.45, 7) is 6.46. The second-order valence-corrected chi connectivity index (χ2v) is 10.8. The Morgan fingerprint density at radius 2 is 1.89 bits per heavy atom. The Hall–Kier alpha value is -2.20. The fourth-order valence-corrected chi connectivity index (χ4v) is 5.15. The molecule has 3 aromatic rings. The molecule has 1 fully saturated rings. The molecule has 1 aromatic carbocycles. The summed E-state index contributed by atoms with van der Waals surface area (Å²) in [7, 11) is 3.09. The molecule has 1 saturated heterocycles. The molecule has 0 radical (unpaired) electrons. The average molecular weight is 539 g/mol. The second kappa shape index (κ2) is 11.7. The minimum absolute atomic E-state index is 0.195. The van der Waals surface area contributed by atoms with Crippen LogP contribution in [0.3, 0.4) is 0 Å². The van der Waals surface area contributed by atoms with Crippen molar-refractivity contribution in [3.63, 3.8) is 0 Å². The lowest BCUT2D eigenvalue weighted by molar-refractivity contribution is 0.195. The van der Waals surface area contributed by atoms with Crippen LogP contribution in [-0.4, -0.2) is 66.0 Å². The van der Waals surface area contributed by atoms with E-state index in [0.29, 0.717) is 61.9 Å². The van der Waals surface area contributed by atoms with E-state index in [9.17, 15) is 0 Å². The predicted octanol–water partition coefficient (Wildman–Crippen LogP) is 5.77. The third kappa shape index (κ3) is 5.97. The van der Waals surface area contributed by atoms with Crippen molar-refractivity contribution >= 4 is 57.6 Å². The fraction of sp³-hybridized carbons (Fsp3) is 0.458. The van der Waals surface area contributed by atoms with Crippen molar-refractivity contribution in [2.45, 2.75) is 31.6 Å². The molecule has 1 atom stereocenters. The fourth-order valence-electron chi connectivity index (χ4n) is 3.77. The third-order valence-corrected chi connectivity index (χ3v) is 7.36. The van der Waals surface area contributed by atoms with E-state index in [2.05, 4.69) is 29.5 Å². The van der Waals surface area contributed by atoms with Gasteiger partial charge in [0.05, 0.1) is 42.6 Å². The highest BCUT2D eigenvalue weighted by molar-refractivity contribution is 7.99. The highest BCUT2D eigenvalue weighted by Crippen LogP contribution is 2.46. The lowest BCUT2D eigenvalue weighted by Crippen LogP contribution is -2.20. The number of hydrogen-bond acceptors (Lipinski definition) is 9. The normalized spacial score (nSPS) is 15.6. The Balaban J connectivity index is 1.79. The van der Waals surface area contributed by atoms with Crippen molar-refractivity contribution in [1.82, 2.24) is 15.0 Å². The van der Waals surface area contributed by atoms with E-state index in [1.165, 1.54) is 0 Å². The Morgan fingerprint density at radius 3 is 2.51 bits per heavy atom. The molecule has 8 nitrogen and oxygen atoms in total. The highest BCUT2D eigenvalue weighted by atomic mass is 35.5. The molecular weight excluding hydrogens is 509 g/mol. The zero-order chi connectivity index (χ0) is 24.9. The zero-order valence-electron chi connectivity index (χ0n) is 20.2. The number of aromatic nitrogens is 3. The molecule has 0 aliphatic carbocycles. The molecule has 11 heteroatoms. The monoisotopic (exact) mass is 537 g/mol. The number of hydrogen-bond donors (Lipinski definition) is 2. The molecule has 1 aliphatic heterocycles. The van der Waals surface area contributed by atoms with Crippen LogP contribution in [0.1, 0.15) is 20.3 Å². The number of fused-ring (bicyclic) bond motifs is 1. The lowest BCUT2D eigenvalue weighted by atomic mass is 10.1. The molecular formula is C24H29Cl2N5O3S. The van der Waals surface area contributed by atoms with Gasteiger partial charge in [-0.15, -0.1) is 0 Å². The Kier molecular flexibility index (Phi) is 8.64. The first-order valence-electron chi connectivity index (χ1n) is 11.4. The minimum Gasteiger partial charge on any atom is -0.495 e. The number of thioether (sulfide) groups is 1. The maximum absolute atomic E-state index is 6.68. The lowest BCUT2D eigenvalue weighted by Gasteiger charge is -2.17. The van der Waals surface area contributed by atoms with Crippen LogP contribution >= 0.6 is 35.0 Å². The van der Waals surface area contributed by atoms with Crippen molar-refractivity contribution in [2.75, 3.05) is 50.4 Å². The molecule has 2 N–H and O–H groups in total. The van der Waals surface area contributed by atoms with E-state index in [-0.39, 0.29) is 6.04 Å². The number of halogens is 2. The number of ether oxygens (including phenoxy) is 3. The summed E-state index contributed by atoms with van der Waals surface area (Å²) in [6, 6.07) is 3.73. The van der Waals surface area contributed by atoms with E-state index in [1.807, 2.05) is 17.8 Å². The quantitative estimate of drug-likeness (QED) is 0.312. The van der Waals surface area contributed by atoms with Crippen LogP contribution < -0.4 is 20.1 Å². The van der Waals surface area contributed by atoms with Crippen LogP contribution in [0.4, 0.5) is 11.8 Å². The summed E-state index contributed by atoms with van der Waals surface area (Å²) in [6.07, 6.45) is 2.70. The summed E-state index contributed by atoms with van der Waals surface area (Å²) >= 11 is 15.2. The van der Waals surface area contributed by atoms with Gasteiger partial charge in [0.2, 0.25) is 5.95 Å². The SMILES string of the molecule is COc1cc(OC)c(Cl)c(-c2cc3cnc(NC4CCOC4)nc3c(NCCSC(C)C)n2)c1Cl. The first-order chi connectivity index (χ1) is 16.9. The van der Waals surface area contributed by atoms with Crippen LogP contribution in [0.25, 0.3) is 22.2 Å². The zero-order valence-corrected chi connectivity index (χ0v) is 22.5. The second-order valence-electron chi connectivity index (χ2n) is 8.32.